The van der Waals surface area contributed by atoms with Gasteiger partial charge in [-0.25, -0.2) is 0 Å². The summed E-state index contributed by atoms with van der Waals surface area (Å²) in [5.74, 6) is -0.187. The quantitative estimate of drug-likeness (QED) is 0.781. The molecule has 18 heavy (non-hydrogen) atoms. The number of thiophene rings is 1. The highest BCUT2D eigenvalue weighted by Gasteiger charge is 2.09. The molecule has 2 nitrogen and oxygen atoms in total. The Morgan fingerprint density at radius 1 is 1.33 bits per heavy atom. The van der Waals surface area contributed by atoms with Crippen molar-refractivity contribution in [3.8, 4) is 5.06 Å². The van der Waals surface area contributed by atoms with Gasteiger partial charge in [-0.1, -0.05) is 41.7 Å². The van der Waals surface area contributed by atoms with E-state index in [0.29, 0.717) is 17.9 Å². The molecule has 0 saturated carbocycles. The first kappa shape index (κ1) is 13.3. The lowest BCUT2D eigenvalue weighted by Crippen LogP contribution is -2.08. The van der Waals surface area contributed by atoms with Crippen LogP contribution in [0, 0.1) is 6.92 Å². The van der Waals surface area contributed by atoms with E-state index in [1.807, 2.05) is 43.3 Å². The van der Waals surface area contributed by atoms with E-state index in [4.69, 9.17) is 4.74 Å². The summed E-state index contributed by atoms with van der Waals surface area (Å²) in [4.78, 5) is 11.7. The van der Waals surface area contributed by atoms with E-state index in [1.54, 1.807) is 0 Å². The van der Waals surface area contributed by atoms with Crippen LogP contribution in [0.2, 0.25) is 0 Å². The molecule has 0 unspecified atom stereocenters. The Labute approximate surface area is 119 Å². The average molecular weight is 325 g/mol. The smallest absolute Gasteiger partial charge is 0.312 e. The second-order valence-corrected chi connectivity index (χ2v) is 6.31. The third-order valence-corrected chi connectivity index (χ3v) is 4.52. The van der Waals surface area contributed by atoms with Gasteiger partial charge in [0.2, 0.25) is 0 Å². The van der Waals surface area contributed by atoms with E-state index in [-0.39, 0.29) is 5.97 Å². The number of hydrogen-bond donors (Lipinski definition) is 0. The largest absolute Gasteiger partial charge is 0.415 e. The van der Waals surface area contributed by atoms with Crippen molar-refractivity contribution in [1.82, 2.24) is 0 Å². The Bertz CT molecular complexity index is 514. The molecule has 1 aromatic heterocycles. The zero-order valence-corrected chi connectivity index (χ0v) is 12.4. The Morgan fingerprint density at radius 2 is 2.06 bits per heavy atom. The number of benzene rings is 1. The fourth-order valence-corrected chi connectivity index (χ4v) is 2.90. The van der Waals surface area contributed by atoms with E-state index >= 15 is 0 Å². The van der Waals surface area contributed by atoms with Crippen molar-refractivity contribution in [2.75, 3.05) is 0 Å². The maximum absolute atomic E-state index is 11.7. The number of hydrogen-bond acceptors (Lipinski definition) is 3. The lowest BCUT2D eigenvalue weighted by Gasteiger charge is -2.01. The monoisotopic (exact) mass is 324 g/mol. The molecule has 2 rings (SSSR count). The third kappa shape index (κ3) is 3.68. The van der Waals surface area contributed by atoms with Gasteiger partial charge < -0.3 is 4.74 Å². The van der Waals surface area contributed by atoms with Gasteiger partial charge >= 0.3 is 5.97 Å². The lowest BCUT2D eigenvalue weighted by atomic mass is 10.1. The summed E-state index contributed by atoms with van der Waals surface area (Å²) in [6, 6.07) is 11.8. The molecule has 0 atom stereocenters. The number of rotatable bonds is 4. The number of carbonyl (C=O) groups is 1. The predicted molar refractivity (Wildman–Crippen MR) is 77.2 cm³/mol. The maximum atomic E-state index is 11.7. The Morgan fingerprint density at radius 3 is 2.67 bits per heavy atom. The first-order valence-electron chi connectivity index (χ1n) is 5.65. The van der Waals surface area contributed by atoms with E-state index in [0.717, 1.165) is 14.9 Å². The standard InChI is InChI=1S/C14H13BrO2S/c1-10-9-13(18-14(10)15)17-12(16)8-7-11-5-3-2-4-6-11/h2-6,9H,7-8H2,1H3. The molecule has 0 spiro atoms. The van der Waals surface area contributed by atoms with Crippen LogP contribution < -0.4 is 4.74 Å². The van der Waals surface area contributed by atoms with Crippen LogP contribution in [0.1, 0.15) is 17.5 Å². The van der Waals surface area contributed by atoms with Crippen LogP contribution in [0.5, 0.6) is 5.06 Å². The second kappa shape index (κ2) is 6.16. The molecule has 0 aliphatic carbocycles. The van der Waals surface area contributed by atoms with Crippen molar-refractivity contribution in [1.29, 1.82) is 0 Å². The minimum absolute atomic E-state index is 0.187. The van der Waals surface area contributed by atoms with Crippen LogP contribution in [0.15, 0.2) is 40.2 Å². The normalized spacial score (nSPS) is 10.3. The van der Waals surface area contributed by atoms with Crippen LogP contribution in [0.4, 0.5) is 0 Å². The van der Waals surface area contributed by atoms with Crippen LogP contribution >= 0.6 is 27.3 Å². The number of ether oxygens (including phenoxy) is 1. The van der Waals surface area contributed by atoms with Gasteiger partial charge in [0.25, 0.3) is 0 Å². The van der Waals surface area contributed by atoms with Gasteiger partial charge in [-0.3, -0.25) is 4.79 Å². The van der Waals surface area contributed by atoms with E-state index < -0.39 is 0 Å². The van der Waals surface area contributed by atoms with Crippen molar-refractivity contribution in [3.63, 3.8) is 0 Å². The second-order valence-electron chi connectivity index (χ2n) is 3.98. The van der Waals surface area contributed by atoms with Gasteiger partial charge in [0.15, 0.2) is 5.06 Å². The van der Waals surface area contributed by atoms with Crippen LogP contribution in [-0.4, -0.2) is 5.97 Å². The molecule has 2 aromatic rings. The molecular formula is C14H13BrO2S. The van der Waals surface area contributed by atoms with Gasteiger partial charge in [0.1, 0.15) is 0 Å². The SMILES string of the molecule is Cc1cc(OC(=O)CCc2ccccc2)sc1Br. The molecule has 0 bridgehead atoms. The molecular weight excluding hydrogens is 312 g/mol. The first-order chi connectivity index (χ1) is 8.65. The highest BCUT2D eigenvalue weighted by molar-refractivity contribution is 9.11. The Kier molecular flexibility index (Phi) is 4.55. The fourth-order valence-electron chi connectivity index (χ4n) is 1.54. The van der Waals surface area contributed by atoms with Gasteiger partial charge in [-0.05, 0) is 46.5 Å². The summed E-state index contributed by atoms with van der Waals surface area (Å²) >= 11 is 4.85. The summed E-state index contributed by atoms with van der Waals surface area (Å²) in [5, 5.41) is 0.650. The Hall–Kier alpha value is -1.13. The highest BCUT2D eigenvalue weighted by Crippen LogP contribution is 2.33. The molecule has 94 valence electrons. The van der Waals surface area contributed by atoms with E-state index in [1.165, 1.54) is 11.3 Å². The summed E-state index contributed by atoms with van der Waals surface area (Å²) in [5.41, 5.74) is 2.24. The van der Waals surface area contributed by atoms with E-state index in [9.17, 15) is 4.79 Å². The van der Waals surface area contributed by atoms with Crippen molar-refractivity contribution < 1.29 is 9.53 Å². The van der Waals surface area contributed by atoms with Gasteiger partial charge in [-0.2, -0.15) is 0 Å². The summed E-state index contributed by atoms with van der Waals surface area (Å²) in [6.07, 6.45) is 1.11. The highest BCUT2D eigenvalue weighted by atomic mass is 79.9. The summed E-state index contributed by atoms with van der Waals surface area (Å²) < 4.78 is 6.30. The molecule has 0 radical (unpaired) electrons. The van der Waals surface area contributed by atoms with E-state index in [2.05, 4.69) is 15.9 Å². The minimum Gasteiger partial charge on any atom is -0.415 e. The molecule has 1 aromatic carbocycles. The Balaban J connectivity index is 1.86. The maximum Gasteiger partial charge on any atom is 0.312 e. The van der Waals surface area contributed by atoms with Crippen molar-refractivity contribution >= 4 is 33.2 Å². The average Bonchev–Trinajstić information content (AvgIpc) is 2.67. The van der Waals surface area contributed by atoms with Crippen molar-refractivity contribution in [2.24, 2.45) is 0 Å². The molecule has 0 saturated heterocycles. The lowest BCUT2D eigenvalue weighted by molar-refractivity contribution is -0.134. The zero-order chi connectivity index (χ0) is 13.0. The van der Waals surface area contributed by atoms with Crippen molar-refractivity contribution in [3.05, 3.63) is 51.3 Å². The number of aryl methyl sites for hydroxylation is 2. The number of halogens is 1. The summed E-state index contributed by atoms with van der Waals surface area (Å²) in [6.45, 7) is 1.97. The van der Waals surface area contributed by atoms with Crippen molar-refractivity contribution in [2.45, 2.75) is 19.8 Å². The number of carbonyl (C=O) groups excluding carboxylic acids is 1. The predicted octanol–water partition coefficient (Wildman–Crippen LogP) is 4.36. The van der Waals surface area contributed by atoms with Crippen LogP contribution in [0.25, 0.3) is 0 Å². The van der Waals surface area contributed by atoms with Crippen LogP contribution in [-0.2, 0) is 11.2 Å². The third-order valence-electron chi connectivity index (χ3n) is 2.51. The number of esters is 1. The van der Waals surface area contributed by atoms with Gasteiger partial charge in [0.05, 0.1) is 10.2 Å². The zero-order valence-electron chi connectivity index (χ0n) is 9.98. The molecule has 0 N–H and O–H groups in total. The minimum atomic E-state index is -0.187. The molecule has 0 amide bonds. The summed E-state index contributed by atoms with van der Waals surface area (Å²) in [7, 11) is 0. The molecule has 4 heteroatoms. The molecule has 0 aliphatic heterocycles. The molecule has 1 heterocycles. The van der Waals surface area contributed by atoms with Crippen LogP contribution in [0.3, 0.4) is 0 Å². The molecule has 0 fully saturated rings. The van der Waals surface area contributed by atoms with Gasteiger partial charge in [0, 0.05) is 0 Å². The topological polar surface area (TPSA) is 26.3 Å². The first-order valence-corrected chi connectivity index (χ1v) is 7.26. The van der Waals surface area contributed by atoms with Gasteiger partial charge in [-0.15, -0.1) is 0 Å². The molecule has 0 aliphatic rings. The fraction of sp³-hybridized carbons (Fsp3) is 0.214.